The predicted octanol–water partition coefficient (Wildman–Crippen LogP) is 1.03. The molecule has 0 unspecified atom stereocenters. The van der Waals surface area contributed by atoms with Gasteiger partial charge in [0.1, 0.15) is 0 Å². The number of nitrogens with zero attached hydrogens (tertiary/aromatic N) is 1. The summed E-state index contributed by atoms with van der Waals surface area (Å²) in [5.41, 5.74) is 1.62. The van der Waals surface area contributed by atoms with Gasteiger partial charge in [-0.2, -0.15) is 0 Å². The number of H-pyrrole nitrogens is 1. The molecule has 4 heteroatoms. The van der Waals surface area contributed by atoms with Gasteiger partial charge < -0.3 is 4.98 Å². The van der Waals surface area contributed by atoms with Crippen LogP contribution in [0.3, 0.4) is 0 Å². The molecule has 0 fully saturated rings. The van der Waals surface area contributed by atoms with Gasteiger partial charge in [0.2, 0.25) is 5.24 Å². The number of aryl methyl sites for hydroxylation is 1. The summed E-state index contributed by atoms with van der Waals surface area (Å²) in [6.45, 7) is 1.85. The maximum absolute atomic E-state index is 10.4. The van der Waals surface area contributed by atoms with Gasteiger partial charge in [0, 0.05) is 5.69 Å². The number of carbonyl (C=O) groups excluding carboxylic acids is 1. The molecule has 3 nitrogen and oxygen atoms in total. The summed E-state index contributed by atoms with van der Waals surface area (Å²) >= 11 is 5.15. The van der Waals surface area contributed by atoms with Crippen LogP contribution in [0.4, 0.5) is 0 Å². The summed E-state index contributed by atoms with van der Waals surface area (Å²) in [6, 6.07) is 0. The Labute approximate surface area is 63.4 Å². The Morgan fingerprint density at radius 3 is 3.00 bits per heavy atom. The van der Waals surface area contributed by atoms with Crippen LogP contribution < -0.4 is 0 Å². The molecule has 10 heavy (non-hydrogen) atoms. The SMILES string of the molecule is Cc1[nH]cnc1CC(=O)Cl. The van der Waals surface area contributed by atoms with Crippen LogP contribution in [0.5, 0.6) is 0 Å². The van der Waals surface area contributed by atoms with E-state index in [2.05, 4.69) is 9.97 Å². The Kier molecular flexibility index (Phi) is 2.06. The first-order chi connectivity index (χ1) is 4.70. The Bertz CT molecular complexity index is 244. The summed E-state index contributed by atoms with van der Waals surface area (Å²) in [7, 11) is 0. The lowest BCUT2D eigenvalue weighted by Gasteiger charge is -1.89. The quantitative estimate of drug-likeness (QED) is 0.654. The highest BCUT2D eigenvalue weighted by Crippen LogP contribution is 2.02. The maximum Gasteiger partial charge on any atom is 0.227 e. The van der Waals surface area contributed by atoms with E-state index in [1.54, 1.807) is 6.33 Å². The van der Waals surface area contributed by atoms with Gasteiger partial charge in [0.15, 0.2) is 0 Å². The van der Waals surface area contributed by atoms with Crippen LogP contribution in [0.15, 0.2) is 6.33 Å². The van der Waals surface area contributed by atoms with Crippen molar-refractivity contribution in [3.63, 3.8) is 0 Å². The van der Waals surface area contributed by atoms with Gasteiger partial charge in [-0.25, -0.2) is 4.98 Å². The lowest BCUT2D eigenvalue weighted by Crippen LogP contribution is -1.95. The van der Waals surface area contributed by atoms with Gasteiger partial charge in [-0.05, 0) is 18.5 Å². The molecular weight excluding hydrogens is 152 g/mol. The number of carbonyl (C=O) groups is 1. The highest BCUT2D eigenvalue weighted by Gasteiger charge is 2.03. The Morgan fingerprint density at radius 2 is 2.60 bits per heavy atom. The molecule has 0 aliphatic carbocycles. The van der Waals surface area contributed by atoms with Crippen molar-refractivity contribution >= 4 is 16.8 Å². The van der Waals surface area contributed by atoms with Gasteiger partial charge in [0.05, 0.1) is 18.4 Å². The van der Waals surface area contributed by atoms with E-state index in [0.717, 1.165) is 11.4 Å². The number of aromatic amines is 1. The maximum atomic E-state index is 10.4. The van der Waals surface area contributed by atoms with Crippen molar-refractivity contribution < 1.29 is 4.79 Å². The lowest BCUT2D eigenvalue weighted by atomic mass is 10.3. The first-order valence-electron chi connectivity index (χ1n) is 2.87. The Balaban J connectivity index is 2.74. The van der Waals surface area contributed by atoms with Crippen molar-refractivity contribution in [2.24, 2.45) is 0 Å². The third-order valence-electron chi connectivity index (χ3n) is 1.24. The molecule has 0 bridgehead atoms. The fourth-order valence-corrected chi connectivity index (χ4v) is 0.824. The number of halogens is 1. The Morgan fingerprint density at radius 1 is 1.90 bits per heavy atom. The number of rotatable bonds is 2. The molecule has 54 valence electrons. The van der Waals surface area contributed by atoms with E-state index in [1.165, 1.54) is 0 Å². The number of nitrogens with one attached hydrogen (secondary N) is 1. The average molecular weight is 159 g/mol. The second kappa shape index (κ2) is 2.84. The number of hydrogen-bond donors (Lipinski definition) is 1. The molecule has 0 aliphatic rings. The van der Waals surface area contributed by atoms with Crippen LogP contribution >= 0.6 is 11.6 Å². The molecular formula is C6H7ClN2O. The lowest BCUT2D eigenvalue weighted by molar-refractivity contribution is -0.111. The van der Waals surface area contributed by atoms with Crippen molar-refractivity contribution in [1.29, 1.82) is 0 Å². The minimum atomic E-state index is -0.379. The average Bonchev–Trinajstić information content (AvgIpc) is 2.15. The number of hydrogen-bond acceptors (Lipinski definition) is 2. The molecule has 0 saturated heterocycles. The molecule has 0 aliphatic heterocycles. The standard InChI is InChI=1S/C6H7ClN2O/c1-4-5(2-6(7)10)9-3-8-4/h3H,2H2,1H3,(H,8,9). The molecule has 0 atom stereocenters. The van der Waals surface area contributed by atoms with E-state index < -0.39 is 0 Å². The second-order valence-electron chi connectivity index (χ2n) is 2.01. The van der Waals surface area contributed by atoms with Crippen molar-refractivity contribution in [3.8, 4) is 0 Å². The second-order valence-corrected chi connectivity index (χ2v) is 2.43. The zero-order chi connectivity index (χ0) is 7.56. The van der Waals surface area contributed by atoms with Gasteiger partial charge in [-0.1, -0.05) is 0 Å². The summed E-state index contributed by atoms with van der Waals surface area (Å²) in [6.07, 6.45) is 1.75. The van der Waals surface area contributed by atoms with E-state index in [9.17, 15) is 4.79 Å². The van der Waals surface area contributed by atoms with E-state index in [0.29, 0.717) is 0 Å². The zero-order valence-corrected chi connectivity index (χ0v) is 6.27. The molecule has 0 saturated carbocycles. The van der Waals surface area contributed by atoms with Crippen molar-refractivity contribution in [3.05, 3.63) is 17.7 Å². The third kappa shape index (κ3) is 1.57. The fourth-order valence-electron chi connectivity index (χ4n) is 0.697. The van der Waals surface area contributed by atoms with Crippen molar-refractivity contribution in [2.45, 2.75) is 13.3 Å². The predicted molar refractivity (Wildman–Crippen MR) is 37.9 cm³/mol. The van der Waals surface area contributed by atoms with Crippen LogP contribution in [-0.2, 0) is 11.2 Å². The summed E-state index contributed by atoms with van der Waals surface area (Å²) in [5.74, 6) is 0. The summed E-state index contributed by atoms with van der Waals surface area (Å²) < 4.78 is 0. The fraction of sp³-hybridized carbons (Fsp3) is 0.333. The van der Waals surface area contributed by atoms with Crippen LogP contribution in [-0.4, -0.2) is 15.2 Å². The summed E-state index contributed by atoms with van der Waals surface area (Å²) in [4.78, 5) is 17.1. The van der Waals surface area contributed by atoms with E-state index in [1.807, 2.05) is 6.92 Å². The van der Waals surface area contributed by atoms with E-state index in [4.69, 9.17) is 11.6 Å². The molecule has 1 N–H and O–H groups in total. The van der Waals surface area contributed by atoms with Crippen LogP contribution in [0.2, 0.25) is 0 Å². The van der Waals surface area contributed by atoms with Crippen LogP contribution in [0, 0.1) is 6.92 Å². The monoisotopic (exact) mass is 158 g/mol. The van der Waals surface area contributed by atoms with Gasteiger partial charge >= 0.3 is 0 Å². The topological polar surface area (TPSA) is 45.8 Å². The number of aromatic nitrogens is 2. The summed E-state index contributed by atoms with van der Waals surface area (Å²) in [5, 5.41) is -0.379. The zero-order valence-electron chi connectivity index (χ0n) is 5.52. The molecule has 0 radical (unpaired) electrons. The molecule has 0 amide bonds. The highest BCUT2D eigenvalue weighted by molar-refractivity contribution is 6.63. The van der Waals surface area contributed by atoms with Crippen LogP contribution in [0.25, 0.3) is 0 Å². The smallest absolute Gasteiger partial charge is 0.227 e. The largest absolute Gasteiger partial charge is 0.348 e. The normalized spacial score (nSPS) is 9.80. The van der Waals surface area contributed by atoms with Gasteiger partial charge in [0.25, 0.3) is 0 Å². The van der Waals surface area contributed by atoms with Crippen molar-refractivity contribution in [1.82, 2.24) is 9.97 Å². The molecule has 1 aromatic rings. The molecule has 1 heterocycles. The van der Waals surface area contributed by atoms with Gasteiger partial charge in [-0.3, -0.25) is 4.79 Å². The third-order valence-corrected chi connectivity index (χ3v) is 1.37. The Hall–Kier alpha value is -0.830. The molecule has 0 spiro atoms. The van der Waals surface area contributed by atoms with E-state index >= 15 is 0 Å². The molecule has 0 aromatic carbocycles. The highest BCUT2D eigenvalue weighted by atomic mass is 35.5. The molecule has 1 aromatic heterocycles. The van der Waals surface area contributed by atoms with E-state index in [-0.39, 0.29) is 11.7 Å². The minimum absolute atomic E-state index is 0.205. The first-order valence-corrected chi connectivity index (χ1v) is 3.25. The van der Waals surface area contributed by atoms with Gasteiger partial charge in [-0.15, -0.1) is 0 Å². The first kappa shape index (κ1) is 7.28. The number of imidazole rings is 1. The van der Waals surface area contributed by atoms with Crippen LogP contribution in [0.1, 0.15) is 11.4 Å². The molecule has 1 rings (SSSR count). The minimum Gasteiger partial charge on any atom is -0.348 e. The van der Waals surface area contributed by atoms with Crippen molar-refractivity contribution in [2.75, 3.05) is 0 Å².